The largest absolute Gasteiger partial charge is 0.377 e. The number of nitrogens with one attached hydrogen (secondary N) is 2. The van der Waals surface area contributed by atoms with Gasteiger partial charge in [-0.25, -0.2) is 4.39 Å². The van der Waals surface area contributed by atoms with Crippen LogP contribution in [-0.4, -0.2) is 23.8 Å². The zero-order valence-corrected chi connectivity index (χ0v) is 12.3. The summed E-state index contributed by atoms with van der Waals surface area (Å²) in [6.07, 6.45) is -0.810. The van der Waals surface area contributed by atoms with Crippen LogP contribution in [0.4, 0.5) is 4.39 Å². The molecule has 2 aromatic rings. The molecule has 3 N–H and O–H groups in total. The van der Waals surface area contributed by atoms with E-state index < -0.39 is 6.23 Å². The molecule has 116 valence electrons. The van der Waals surface area contributed by atoms with Gasteiger partial charge >= 0.3 is 0 Å². The molecular weight excluding hydrogens is 283 g/mol. The Bertz CT molecular complexity index is 629. The van der Waals surface area contributed by atoms with Crippen molar-refractivity contribution in [2.24, 2.45) is 0 Å². The maximum atomic E-state index is 13.7. The zero-order valence-electron chi connectivity index (χ0n) is 12.3. The minimum absolute atomic E-state index is 0.155. The molecule has 0 fully saturated rings. The highest BCUT2D eigenvalue weighted by molar-refractivity contribution is 5.72. The molecule has 5 heteroatoms. The van der Waals surface area contributed by atoms with Gasteiger partial charge in [-0.1, -0.05) is 42.5 Å². The van der Waals surface area contributed by atoms with Crippen LogP contribution < -0.4 is 10.6 Å². The van der Waals surface area contributed by atoms with Crippen molar-refractivity contribution >= 4 is 5.91 Å². The molecule has 22 heavy (non-hydrogen) atoms. The fraction of sp³-hybridized carbons (Fsp3) is 0.235. The topological polar surface area (TPSA) is 61.4 Å². The third-order valence-electron chi connectivity index (χ3n) is 3.22. The van der Waals surface area contributed by atoms with E-state index in [0.29, 0.717) is 12.1 Å². The molecule has 0 aliphatic rings. The Kier molecular flexibility index (Phi) is 5.63. The monoisotopic (exact) mass is 302 g/mol. The average molecular weight is 302 g/mol. The van der Waals surface area contributed by atoms with Crippen LogP contribution in [0.15, 0.2) is 48.5 Å². The highest BCUT2D eigenvalue weighted by Gasteiger charge is 2.06. The molecule has 4 nitrogen and oxygen atoms in total. The molecule has 2 rings (SSSR count). The van der Waals surface area contributed by atoms with E-state index in [-0.39, 0.29) is 18.3 Å². The molecule has 0 radical (unpaired) electrons. The molecule has 0 saturated heterocycles. The fourth-order valence-corrected chi connectivity index (χ4v) is 2.05. The van der Waals surface area contributed by atoms with Crippen LogP contribution in [0.25, 0.3) is 11.1 Å². The molecule has 1 amide bonds. The first-order chi connectivity index (χ1) is 10.6. The molecule has 1 unspecified atom stereocenters. The number of hydrogen-bond acceptors (Lipinski definition) is 3. The number of carbonyl (C=O) groups is 1. The Morgan fingerprint density at radius 3 is 2.50 bits per heavy atom. The number of amides is 1. The van der Waals surface area contributed by atoms with Gasteiger partial charge in [-0.3, -0.25) is 10.1 Å². The van der Waals surface area contributed by atoms with Crippen molar-refractivity contribution in [2.45, 2.75) is 19.7 Å². The van der Waals surface area contributed by atoms with Gasteiger partial charge in [0.05, 0.1) is 6.54 Å². The molecule has 2 aromatic carbocycles. The van der Waals surface area contributed by atoms with Crippen LogP contribution in [0.3, 0.4) is 0 Å². The van der Waals surface area contributed by atoms with Crippen LogP contribution in [0.2, 0.25) is 0 Å². The first kappa shape index (κ1) is 16.1. The normalized spacial score (nSPS) is 12.0. The molecule has 0 heterocycles. The molecule has 0 bridgehead atoms. The summed E-state index contributed by atoms with van der Waals surface area (Å²) in [6, 6.07) is 14.1. The second-order valence-electron chi connectivity index (χ2n) is 5.01. The number of rotatable bonds is 6. The third-order valence-corrected chi connectivity index (χ3v) is 3.22. The molecule has 0 spiro atoms. The maximum Gasteiger partial charge on any atom is 0.217 e. The Labute approximate surface area is 129 Å². The van der Waals surface area contributed by atoms with Crippen molar-refractivity contribution in [1.29, 1.82) is 0 Å². The SMILES string of the molecule is CC(=O)NCC(O)NCc1ccc(-c2ccccc2F)cc1. The van der Waals surface area contributed by atoms with Gasteiger partial charge in [0.1, 0.15) is 12.0 Å². The zero-order chi connectivity index (χ0) is 15.9. The number of carbonyl (C=O) groups excluding carboxylic acids is 1. The summed E-state index contributed by atoms with van der Waals surface area (Å²) in [5, 5.41) is 15.1. The summed E-state index contributed by atoms with van der Waals surface area (Å²) in [5.74, 6) is -0.436. The van der Waals surface area contributed by atoms with E-state index in [1.54, 1.807) is 18.2 Å². The van der Waals surface area contributed by atoms with E-state index in [9.17, 15) is 14.3 Å². The molecule has 0 aliphatic heterocycles. The minimum Gasteiger partial charge on any atom is -0.377 e. The predicted octanol–water partition coefficient (Wildman–Crippen LogP) is 2.04. The number of halogens is 1. The van der Waals surface area contributed by atoms with Crippen molar-refractivity contribution in [3.63, 3.8) is 0 Å². The summed E-state index contributed by atoms with van der Waals surface area (Å²) < 4.78 is 13.7. The van der Waals surface area contributed by atoms with E-state index in [1.165, 1.54) is 13.0 Å². The Morgan fingerprint density at radius 1 is 1.18 bits per heavy atom. The van der Waals surface area contributed by atoms with Crippen molar-refractivity contribution in [3.8, 4) is 11.1 Å². The lowest BCUT2D eigenvalue weighted by atomic mass is 10.0. The van der Waals surface area contributed by atoms with Gasteiger partial charge in [-0.15, -0.1) is 0 Å². The van der Waals surface area contributed by atoms with Gasteiger partial charge in [0.15, 0.2) is 0 Å². The lowest BCUT2D eigenvalue weighted by Crippen LogP contribution is -2.39. The molecule has 0 aliphatic carbocycles. The Hall–Kier alpha value is -2.24. The fourth-order valence-electron chi connectivity index (χ4n) is 2.05. The van der Waals surface area contributed by atoms with Crippen LogP contribution in [-0.2, 0) is 11.3 Å². The maximum absolute atomic E-state index is 13.7. The van der Waals surface area contributed by atoms with Crippen molar-refractivity contribution < 1.29 is 14.3 Å². The van der Waals surface area contributed by atoms with E-state index >= 15 is 0 Å². The average Bonchev–Trinajstić information content (AvgIpc) is 2.52. The second kappa shape index (κ2) is 7.68. The second-order valence-corrected chi connectivity index (χ2v) is 5.01. The van der Waals surface area contributed by atoms with Crippen LogP contribution >= 0.6 is 0 Å². The lowest BCUT2D eigenvalue weighted by Gasteiger charge is -2.13. The van der Waals surface area contributed by atoms with Gasteiger partial charge in [-0.05, 0) is 17.2 Å². The quantitative estimate of drug-likeness (QED) is 0.716. The number of benzene rings is 2. The van der Waals surface area contributed by atoms with Crippen molar-refractivity contribution in [2.75, 3.05) is 6.54 Å². The van der Waals surface area contributed by atoms with Crippen molar-refractivity contribution in [1.82, 2.24) is 10.6 Å². The molecule has 1 atom stereocenters. The summed E-state index contributed by atoms with van der Waals surface area (Å²) in [7, 11) is 0. The smallest absolute Gasteiger partial charge is 0.217 e. The third kappa shape index (κ3) is 4.65. The first-order valence-corrected chi connectivity index (χ1v) is 7.06. The number of aliphatic hydroxyl groups excluding tert-OH is 1. The van der Waals surface area contributed by atoms with E-state index in [0.717, 1.165) is 11.1 Å². The summed E-state index contributed by atoms with van der Waals surface area (Å²) in [6.45, 7) is 2.01. The van der Waals surface area contributed by atoms with Gasteiger partial charge in [0.2, 0.25) is 5.91 Å². The Morgan fingerprint density at radius 2 is 1.86 bits per heavy atom. The molecule has 0 saturated carbocycles. The van der Waals surface area contributed by atoms with Crippen LogP contribution in [0, 0.1) is 5.82 Å². The minimum atomic E-state index is -0.810. The van der Waals surface area contributed by atoms with Gasteiger partial charge < -0.3 is 10.4 Å². The first-order valence-electron chi connectivity index (χ1n) is 7.06. The number of aliphatic hydroxyl groups is 1. The predicted molar refractivity (Wildman–Crippen MR) is 83.4 cm³/mol. The lowest BCUT2D eigenvalue weighted by molar-refractivity contribution is -0.119. The van der Waals surface area contributed by atoms with E-state index in [1.807, 2.05) is 24.3 Å². The van der Waals surface area contributed by atoms with E-state index in [2.05, 4.69) is 10.6 Å². The van der Waals surface area contributed by atoms with Gasteiger partial charge in [-0.2, -0.15) is 0 Å². The highest BCUT2D eigenvalue weighted by atomic mass is 19.1. The van der Waals surface area contributed by atoms with Crippen LogP contribution in [0.5, 0.6) is 0 Å². The van der Waals surface area contributed by atoms with Gasteiger partial charge in [0, 0.05) is 19.0 Å². The summed E-state index contributed by atoms with van der Waals surface area (Å²) in [4.78, 5) is 10.7. The summed E-state index contributed by atoms with van der Waals surface area (Å²) >= 11 is 0. The van der Waals surface area contributed by atoms with Crippen LogP contribution in [0.1, 0.15) is 12.5 Å². The van der Waals surface area contributed by atoms with E-state index in [4.69, 9.17) is 0 Å². The molecule has 0 aromatic heterocycles. The highest BCUT2D eigenvalue weighted by Crippen LogP contribution is 2.22. The Balaban J connectivity index is 1.92. The van der Waals surface area contributed by atoms with Crippen molar-refractivity contribution in [3.05, 3.63) is 59.9 Å². The number of hydrogen-bond donors (Lipinski definition) is 3. The standard InChI is InChI=1S/C17H19FN2O2/c1-12(21)19-11-17(22)20-10-13-6-8-14(9-7-13)15-4-2-3-5-16(15)18/h2-9,17,20,22H,10-11H2,1H3,(H,19,21). The van der Waals surface area contributed by atoms with Gasteiger partial charge in [0.25, 0.3) is 0 Å². The molecular formula is C17H19FN2O2. The summed E-state index contributed by atoms with van der Waals surface area (Å²) in [5.41, 5.74) is 2.33.